The number of carboxylic acid groups (broad SMARTS) is 1. The Labute approximate surface area is 111 Å². The molecule has 1 unspecified atom stereocenters. The lowest BCUT2D eigenvalue weighted by atomic mass is 10.1. The quantitative estimate of drug-likeness (QED) is 0.755. The number of aromatic nitrogens is 1. The van der Waals surface area contributed by atoms with E-state index in [1.807, 2.05) is 6.92 Å². The van der Waals surface area contributed by atoms with E-state index >= 15 is 0 Å². The van der Waals surface area contributed by atoms with Gasteiger partial charge in [-0.2, -0.15) is 0 Å². The maximum Gasteiger partial charge on any atom is 0.319 e. The molecule has 1 fully saturated rings. The summed E-state index contributed by atoms with van der Waals surface area (Å²) < 4.78 is 0. The van der Waals surface area contributed by atoms with Crippen LogP contribution in [0.1, 0.15) is 24.8 Å². The van der Waals surface area contributed by atoms with Crippen molar-refractivity contribution in [3.63, 3.8) is 0 Å². The maximum atomic E-state index is 11.8. The highest BCUT2D eigenvalue weighted by Crippen LogP contribution is 2.34. The molecule has 1 heterocycles. The molecule has 2 rings (SSSR count). The summed E-state index contributed by atoms with van der Waals surface area (Å²) in [6, 6.07) is 1.12. The van der Waals surface area contributed by atoms with Gasteiger partial charge in [-0.05, 0) is 37.3 Å². The number of urea groups is 1. The Kier molecular flexibility index (Phi) is 3.99. The van der Waals surface area contributed by atoms with Crippen molar-refractivity contribution < 1.29 is 14.7 Å². The Morgan fingerprint density at radius 2 is 2.21 bits per heavy atom. The molecule has 1 aromatic rings. The fourth-order valence-corrected chi connectivity index (χ4v) is 1.98. The van der Waals surface area contributed by atoms with Crippen LogP contribution in [0.2, 0.25) is 0 Å². The minimum atomic E-state index is -0.894. The minimum absolute atomic E-state index is 0.0375. The first-order chi connectivity index (χ1) is 9.04. The summed E-state index contributed by atoms with van der Waals surface area (Å²) in [5.74, 6) is -0.605. The second-order valence-electron chi connectivity index (χ2n) is 4.89. The molecule has 0 spiro atoms. The van der Waals surface area contributed by atoms with Gasteiger partial charge < -0.3 is 15.7 Å². The third-order valence-electron chi connectivity index (χ3n) is 3.03. The van der Waals surface area contributed by atoms with Crippen LogP contribution in [-0.2, 0) is 4.79 Å². The summed E-state index contributed by atoms with van der Waals surface area (Å²) in [6.07, 6.45) is 5.16. The van der Waals surface area contributed by atoms with Crippen LogP contribution in [0, 0.1) is 12.8 Å². The van der Waals surface area contributed by atoms with Gasteiger partial charge in [-0.15, -0.1) is 0 Å². The Bertz CT molecular complexity index is 486. The lowest BCUT2D eigenvalue weighted by Crippen LogP contribution is -2.40. The van der Waals surface area contributed by atoms with E-state index in [2.05, 4.69) is 15.6 Å². The number of rotatable bonds is 5. The van der Waals surface area contributed by atoms with E-state index in [4.69, 9.17) is 5.11 Å². The van der Waals surface area contributed by atoms with Crippen LogP contribution in [-0.4, -0.2) is 28.1 Å². The SMILES string of the molecule is Cc1cncc(NC(=O)NC(CC(=O)O)C2CC2)c1. The third-order valence-corrected chi connectivity index (χ3v) is 3.03. The highest BCUT2D eigenvalue weighted by Gasteiger charge is 2.33. The monoisotopic (exact) mass is 263 g/mol. The van der Waals surface area contributed by atoms with Crippen molar-refractivity contribution in [2.45, 2.75) is 32.2 Å². The first-order valence-electron chi connectivity index (χ1n) is 6.25. The van der Waals surface area contributed by atoms with Gasteiger partial charge in [-0.1, -0.05) is 0 Å². The van der Waals surface area contributed by atoms with Gasteiger partial charge in [-0.25, -0.2) is 4.79 Å². The lowest BCUT2D eigenvalue weighted by molar-refractivity contribution is -0.137. The summed E-state index contributed by atoms with van der Waals surface area (Å²) in [6.45, 7) is 1.88. The van der Waals surface area contributed by atoms with Crippen molar-refractivity contribution in [2.75, 3.05) is 5.32 Å². The summed E-state index contributed by atoms with van der Waals surface area (Å²) in [5, 5.41) is 14.2. The molecule has 102 valence electrons. The van der Waals surface area contributed by atoms with Crippen LogP contribution in [0.3, 0.4) is 0 Å². The second kappa shape index (κ2) is 5.69. The number of anilines is 1. The number of aryl methyl sites for hydroxylation is 1. The average Bonchev–Trinajstić information content (AvgIpc) is 3.10. The van der Waals surface area contributed by atoms with Crippen LogP contribution < -0.4 is 10.6 Å². The highest BCUT2D eigenvalue weighted by atomic mass is 16.4. The smallest absolute Gasteiger partial charge is 0.319 e. The van der Waals surface area contributed by atoms with Crippen LogP contribution in [0.15, 0.2) is 18.5 Å². The number of amides is 2. The number of carbonyl (C=O) groups excluding carboxylic acids is 1. The molecule has 0 bridgehead atoms. The van der Waals surface area contributed by atoms with Crippen molar-refractivity contribution in [3.8, 4) is 0 Å². The molecule has 0 saturated heterocycles. The molecular weight excluding hydrogens is 246 g/mol. The Balaban J connectivity index is 1.90. The van der Waals surface area contributed by atoms with E-state index in [9.17, 15) is 9.59 Å². The molecule has 1 atom stereocenters. The number of aliphatic carboxylic acids is 1. The zero-order chi connectivity index (χ0) is 13.8. The van der Waals surface area contributed by atoms with Gasteiger partial charge in [0.25, 0.3) is 0 Å². The van der Waals surface area contributed by atoms with E-state index in [1.54, 1.807) is 18.5 Å². The van der Waals surface area contributed by atoms with Gasteiger partial charge in [0.15, 0.2) is 0 Å². The number of hydrogen-bond donors (Lipinski definition) is 3. The zero-order valence-electron chi connectivity index (χ0n) is 10.7. The first kappa shape index (κ1) is 13.3. The number of carboxylic acids is 1. The lowest BCUT2D eigenvalue weighted by Gasteiger charge is -2.16. The summed E-state index contributed by atoms with van der Waals surface area (Å²) >= 11 is 0. The Morgan fingerprint density at radius 1 is 1.47 bits per heavy atom. The number of nitrogens with zero attached hydrogens (tertiary/aromatic N) is 1. The predicted octanol–water partition coefficient (Wildman–Crippen LogP) is 1.76. The average molecular weight is 263 g/mol. The van der Waals surface area contributed by atoms with Crippen molar-refractivity contribution in [1.29, 1.82) is 0 Å². The fourth-order valence-electron chi connectivity index (χ4n) is 1.98. The van der Waals surface area contributed by atoms with Crippen LogP contribution in [0.5, 0.6) is 0 Å². The molecule has 2 amide bonds. The minimum Gasteiger partial charge on any atom is -0.481 e. The number of carbonyl (C=O) groups is 2. The molecule has 1 saturated carbocycles. The van der Waals surface area contributed by atoms with Gasteiger partial charge in [0.05, 0.1) is 18.3 Å². The first-order valence-corrected chi connectivity index (χ1v) is 6.25. The number of hydrogen-bond acceptors (Lipinski definition) is 3. The topological polar surface area (TPSA) is 91.3 Å². The number of pyridine rings is 1. The molecule has 6 heteroatoms. The summed E-state index contributed by atoms with van der Waals surface area (Å²) in [4.78, 5) is 26.5. The largest absolute Gasteiger partial charge is 0.481 e. The van der Waals surface area contributed by atoms with Crippen molar-refractivity contribution in [3.05, 3.63) is 24.0 Å². The molecule has 1 aliphatic carbocycles. The van der Waals surface area contributed by atoms with E-state index in [0.29, 0.717) is 5.69 Å². The molecule has 19 heavy (non-hydrogen) atoms. The molecule has 0 aromatic carbocycles. The Hall–Kier alpha value is -2.11. The molecule has 3 N–H and O–H groups in total. The van der Waals surface area contributed by atoms with Gasteiger partial charge >= 0.3 is 12.0 Å². The van der Waals surface area contributed by atoms with Crippen molar-refractivity contribution >= 4 is 17.7 Å². The molecule has 1 aromatic heterocycles. The van der Waals surface area contributed by atoms with Gasteiger partial charge in [0.2, 0.25) is 0 Å². The molecule has 0 radical (unpaired) electrons. The second-order valence-corrected chi connectivity index (χ2v) is 4.89. The van der Waals surface area contributed by atoms with Crippen molar-refractivity contribution in [1.82, 2.24) is 10.3 Å². The predicted molar refractivity (Wildman–Crippen MR) is 69.9 cm³/mol. The molecule has 0 aliphatic heterocycles. The van der Waals surface area contributed by atoms with Gasteiger partial charge in [0.1, 0.15) is 0 Å². The van der Waals surface area contributed by atoms with Crippen LogP contribution in [0.25, 0.3) is 0 Å². The highest BCUT2D eigenvalue weighted by molar-refractivity contribution is 5.89. The van der Waals surface area contributed by atoms with E-state index in [1.165, 1.54) is 0 Å². The van der Waals surface area contributed by atoms with E-state index in [0.717, 1.165) is 18.4 Å². The van der Waals surface area contributed by atoms with Gasteiger partial charge in [-0.3, -0.25) is 9.78 Å². The fraction of sp³-hybridized carbons (Fsp3) is 0.462. The maximum absolute atomic E-state index is 11.8. The zero-order valence-corrected chi connectivity index (χ0v) is 10.7. The molecule has 1 aliphatic rings. The van der Waals surface area contributed by atoms with Crippen LogP contribution in [0.4, 0.5) is 10.5 Å². The Morgan fingerprint density at radius 3 is 2.79 bits per heavy atom. The number of nitrogens with one attached hydrogen (secondary N) is 2. The third kappa shape index (κ3) is 4.24. The standard InChI is InChI=1S/C13H17N3O3/c1-8-4-10(7-14-6-8)15-13(19)16-11(5-12(17)18)9-2-3-9/h4,6-7,9,11H,2-3,5H2,1H3,(H,17,18)(H2,15,16,19). The summed E-state index contributed by atoms with van der Waals surface area (Å²) in [5.41, 5.74) is 1.55. The van der Waals surface area contributed by atoms with Gasteiger partial charge in [0, 0.05) is 12.2 Å². The van der Waals surface area contributed by atoms with Crippen molar-refractivity contribution in [2.24, 2.45) is 5.92 Å². The normalized spacial score (nSPS) is 15.6. The summed E-state index contributed by atoms with van der Waals surface area (Å²) in [7, 11) is 0. The molecule has 6 nitrogen and oxygen atoms in total. The van der Waals surface area contributed by atoms with E-state index < -0.39 is 5.97 Å². The van der Waals surface area contributed by atoms with E-state index in [-0.39, 0.29) is 24.4 Å². The molecular formula is C13H17N3O3. The van der Waals surface area contributed by atoms with Crippen LogP contribution >= 0.6 is 0 Å².